The molecule has 0 aromatic carbocycles. The van der Waals surface area contributed by atoms with Gasteiger partial charge in [-0.1, -0.05) is 6.42 Å². The molecule has 96 valence electrons. The minimum absolute atomic E-state index is 0.0197. The van der Waals surface area contributed by atoms with Crippen LogP contribution in [0.25, 0.3) is 0 Å². The van der Waals surface area contributed by atoms with Crippen LogP contribution < -0.4 is 5.73 Å². The van der Waals surface area contributed by atoms with Crippen molar-refractivity contribution in [3.05, 3.63) is 0 Å². The fourth-order valence-corrected chi connectivity index (χ4v) is 2.87. The van der Waals surface area contributed by atoms with E-state index >= 15 is 0 Å². The Morgan fingerprint density at radius 2 is 1.94 bits per heavy atom. The molecule has 2 fully saturated rings. The van der Waals surface area contributed by atoms with Gasteiger partial charge in [0, 0.05) is 25.0 Å². The highest BCUT2D eigenvalue weighted by molar-refractivity contribution is 5.81. The molecular weight excluding hydrogens is 220 g/mol. The molecule has 1 heterocycles. The molecule has 5 nitrogen and oxygen atoms in total. The SMILES string of the molecule is NC1CCCC(C(=O)N2CCC(C(=O)O)C2)C1. The number of carbonyl (C=O) groups excluding carboxylic acids is 1. The van der Waals surface area contributed by atoms with Gasteiger partial charge in [0.1, 0.15) is 0 Å². The summed E-state index contributed by atoms with van der Waals surface area (Å²) >= 11 is 0. The van der Waals surface area contributed by atoms with Crippen LogP contribution in [0.15, 0.2) is 0 Å². The molecule has 17 heavy (non-hydrogen) atoms. The van der Waals surface area contributed by atoms with Gasteiger partial charge in [-0.25, -0.2) is 0 Å². The quantitative estimate of drug-likeness (QED) is 0.733. The Morgan fingerprint density at radius 1 is 1.18 bits per heavy atom. The molecule has 1 aliphatic carbocycles. The van der Waals surface area contributed by atoms with Gasteiger partial charge in [-0.3, -0.25) is 9.59 Å². The first-order chi connectivity index (χ1) is 8.08. The maximum Gasteiger partial charge on any atom is 0.308 e. The topological polar surface area (TPSA) is 83.6 Å². The van der Waals surface area contributed by atoms with Gasteiger partial charge in [0.15, 0.2) is 0 Å². The van der Waals surface area contributed by atoms with E-state index in [0.29, 0.717) is 19.5 Å². The van der Waals surface area contributed by atoms with Gasteiger partial charge in [-0.15, -0.1) is 0 Å². The Morgan fingerprint density at radius 3 is 2.53 bits per heavy atom. The lowest BCUT2D eigenvalue weighted by atomic mass is 9.85. The summed E-state index contributed by atoms with van der Waals surface area (Å²) in [6, 6.07) is 0.135. The number of carbonyl (C=O) groups is 2. The van der Waals surface area contributed by atoms with Gasteiger partial charge in [0.25, 0.3) is 0 Å². The van der Waals surface area contributed by atoms with E-state index in [4.69, 9.17) is 10.8 Å². The standard InChI is InChI=1S/C12H20N2O3/c13-10-3-1-2-8(6-10)11(15)14-5-4-9(7-14)12(16)17/h8-10H,1-7,13H2,(H,16,17). The van der Waals surface area contributed by atoms with Crippen molar-refractivity contribution in [3.63, 3.8) is 0 Å². The predicted octanol–water partition coefficient (Wildman–Crippen LogP) is 0.437. The van der Waals surface area contributed by atoms with Crippen molar-refractivity contribution >= 4 is 11.9 Å². The van der Waals surface area contributed by atoms with Crippen LogP contribution in [0.1, 0.15) is 32.1 Å². The first-order valence-corrected chi connectivity index (χ1v) is 6.35. The van der Waals surface area contributed by atoms with Gasteiger partial charge in [0.2, 0.25) is 5.91 Å². The van der Waals surface area contributed by atoms with Crippen LogP contribution in [-0.4, -0.2) is 41.0 Å². The Labute approximate surface area is 101 Å². The molecule has 1 saturated carbocycles. The molecule has 5 heteroatoms. The second-order valence-corrected chi connectivity index (χ2v) is 5.23. The van der Waals surface area contributed by atoms with E-state index in [0.717, 1.165) is 25.7 Å². The minimum Gasteiger partial charge on any atom is -0.481 e. The third kappa shape index (κ3) is 2.77. The van der Waals surface area contributed by atoms with Crippen LogP contribution in [0.5, 0.6) is 0 Å². The molecule has 0 bridgehead atoms. The lowest BCUT2D eigenvalue weighted by molar-refractivity contribution is -0.141. The Bertz CT molecular complexity index is 319. The monoisotopic (exact) mass is 240 g/mol. The van der Waals surface area contributed by atoms with Crippen molar-refractivity contribution in [1.82, 2.24) is 4.90 Å². The number of hydrogen-bond donors (Lipinski definition) is 2. The normalized spacial score (nSPS) is 33.7. The van der Waals surface area contributed by atoms with Crippen molar-refractivity contribution in [2.45, 2.75) is 38.1 Å². The molecule has 3 atom stereocenters. The Hall–Kier alpha value is -1.10. The lowest BCUT2D eigenvalue weighted by Crippen LogP contribution is -2.40. The first-order valence-electron chi connectivity index (χ1n) is 6.35. The first kappa shape index (κ1) is 12.4. The van der Waals surface area contributed by atoms with Crippen molar-refractivity contribution in [3.8, 4) is 0 Å². The maximum atomic E-state index is 12.2. The Balaban J connectivity index is 1.90. The average Bonchev–Trinajstić information content (AvgIpc) is 2.77. The van der Waals surface area contributed by atoms with Crippen molar-refractivity contribution in [1.29, 1.82) is 0 Å². The van der Waals surface area contributed by atoms with Gasteiger partial charge in [0.05, 0.1) is 5.92 Å². The van der Waals surface area contributed by atoms with Gasteiger partial charge in [-0.2, -0.15) is 0 Å². The molecule has 0 aromatic rings. The second kappa shape index (κ2) is 5.04. The van der Waals surface area contributed by atoms with Gasteiger partial charge >= 0.3 is 5.97 Å². The van der Waals surface area contributed by atoms with Crippen molar-refractivity contribution < 1.29 is 14.7 Å². The van der Waals surface area contributed by atoms with Crippen LogP contribution in [0.3, 0.4) is 0 Å². The zero-order valence-electron chi connectivity index (χ0n) is 9.97. The molecule has 3 N–H and O–H groups in total. The molecule has 2 rings (SSSR count). The fourth-order valence-electron chi connectivity index (χ4n) is 2.87. The molecule has 0 aromatic heterocycles. The van der Waals surface area contributed by atoms with Crippen LogP contribution in [0.2, 0.25) is 0 Å². The van der Waals surface area contributed by atoms with Gasteiger partial charge in [-0.05, 0) is 25.7 Å². The number of likely N-dealkylation sites (tertiary alicyclic amines) is 1. The van der Waals surface area contributed by atoms with E-state index in [1.54, 1.807) is 4.90 Å². The molecule has 2 aliphatic rings. The van der Waals surface area contributed by atoms with E-state index in [1.807, 2.05) is 0 Å². The van der Waals surface area contributed by atoms with E-state index in [-0.39, 0.29) is 23.8 Å². The minimum atomic E-state index is -0.791. The molecule has 1 saturated heterocycles. The smallest absolute Gasteiger partial charge is 0.308 e. The number of carboxylic acid groups (broad SMARTS) is 1. The number of nitrogens with zero attached hydrogens (tertiary/aromatic N) is 1. The van der Waals surface area contributed by atoms with Gasteiger partial charge < -0.3 is 15.7 Å². The number of aliphatic carboxylic acids is 1. The molecule has 1 aliphatic heterocycles. The van der Waals surface area contributed by atoms with Crippen molar-refractivity contribution in [2.24, 2.45) is 17.6 Å². The lowest BCUT2D eigenvalue weighted by Gasteiger charge is -2.29. The summed E-state index contributed by atoms with van der Waals surface area (Å²) in [5.74, 6) is -1.04. The molecule has 3 unspecified atom stereocenters. The number of carboxylic acids is 1. The third-order valence-corrected chi connectivity index (χ3v) is 3.91. The highest BCUT2D eigenvalue weighted by Gasteiger charge is 2.35. The highest BCUT2D eigenvalue weighted by atomic mass is 16.4. The molecular formula is C12H20N2O3. The summed E-state index contributed by atoms with van der Waals surface area (Å²) in [5.41, 5.74) is 5.87. The average molecular weight is 240 g/mol. The Kier molecular flexibility index (Phi) is 3.66. The number of hydrogen-bond acceptors (Lipinski definition) is 3. The zero-order chi connectivity index (χ0) is 12.4. The number of rotatable bonds is 2. The molecule has 1 amide bonds. The molecule has 0 spiro atoms. The zero-order valence-corrected chi connectivity index (χ0v) is 9.97. The van der Waals surface area contributed by atoms with E-state index in [1.165, 1.54) is 0 Å². The molecule has 0 radical (unpaired) electrons. The summed E-state index contributed by atoms with van der Waals surface area (Å²) in [6.45, 7) is 0.960. The summed E-state index contributed by atoms with van der Waals surface area (Å²) in [4.78, 5) is 24.7. The van der Waals surface area contributed by atoms with E-state index in [9.17, 15) is 9.59 Å². The maximum absolute atomic E-state index is 12.2. The van der Waals surface area contributed by atoms with Crippen LogP contribution in [0.4, 0.5) is 0 Å². The summed E-state index contributed by atoms with van der Waals surface area (Å²) < 4.78 is 0. The highest BCUT2D eigenvalue weighted by Crippen LogP contribution is 2.27. The summed E-state index contributed by atoms with van der Waals surface area (Å²) in [5, 5.41) is 8.91. The third-order valence-electron chi connectivity index (χ3n) is 3.91. The van der Waals surface area contributed by atoms with Crippen LogP contribution in [-0.2, 0) is 9.59 Å². The largest absolute Gasteiger partial charge is 0.481 e. The fraction of sp³-hybridized carbons (Fsp3) is 0.833. The number of nitrogens with two attached hydrogens (primary N) is 1. The summed E-state index contributed by atoms with van der Waals surface area (Å²) in [7, 11) is 0. The predicted molar refractivity (Wildman–Crippen MR) is 62.3 cm³/mol. The van der Waals surface area contributed by atoms with Crippen LogP contribution >= 0.6 is 0 Å². The van der Waals surface area contributed by atoms with Crippen molar-refractivity contribution in [2.75, 3.05) is 13.1 Å². The van der Waals surface area contributed by atoms with E-state index in [2.05, 4.69) is 0 Å². The van der Waals surface area contributed by atoms with Crippen LogP contribution in [0, 0.1) is 11.8 Å². The second-order valence-electron chi connectivity index (χ2n) is 5.23. The number of amides is 1. The van der Waals surface area contributed by atoms with E-state index < -0.39 is 5.97 Å². The summed E-state index contributed by atoms with van der Waals surface area (Å²) in [6.07, 6.45) is 4.25.